The van der Waals surface area contributed by atoms with E-state index in [-0.39, 0.29) is 22.5 Å². The first-order chi connectivity index (χ1) is 30.1. The van der Waals surface area contributed by atoms with Crippen molar-refractivity contribution in [3.8, 4) is 0 Å². The molecule has 2 aliphatic heterocycles. The average Bonchev–Trinajstić information content (AvgIpc) is 3.60. The minimum atomic E-state index is -4.07. The van der Waals surface area contributed by atoms with Gasteiger partial charge in [0.25, 0.3) is 10.1 Å². The van der Waals surface area contributed by atoms with Crippen LogP contribution in [0.4, 0.5) is 11.4 Å². The maximum Gasteiger partial charge on any atom is 0.264 e. The van der Waals surface area contributed by atoms with Gasteiger partial charge >= 0.3 is 0 Å². The summed E-state index contributed by atoms with van der Waals surface area (Å²) < 4.78 is 35.5. The average molecular weight is 868 g/mol. The van der Waals surface area contributed by atoms with Crippen LogP contribution in [0.1, 0.15) is 101 Å². The van der Waals surface area contributed by atoms with Gasteiger partial charge in [-0.2, -0.15) is 13.0 Å². The Hall–Kier alpha value is -5.35. The summed E-state index contributed by atoms with van der Waals surface area (Å²) in [5.41, 5.74) is 13.3. The monoisotopic (exact) mass is 867 g/mol. The van der Waals surface area contributed by atoms with E-state index in [1.54, 1.807) is 6.92 Å². The molecule has 8 nitrogen and oxygen atoms in total. The minimum Gasteiger partial charge on any atom is -0.352 e. The lowest BCUT2D eigenvalue weighted by molar-refractivity contribution is -0.437. The van der Waals surface area contributed by atoms with Crippen LogP contribution in [0.3, 0.4) is 0 Å². The van der Waals surface area contributed by atoms with E-state index in [9.17, 15) is 17.8 Å². The smallest absolute Gasteiger partial charge is 0.264 e. The molecule has 0 bridgehead atoms. The number of fused-ring (bicyclic) bond motifs is 2. The van der Waals surface area contributed by atoms with E-state index in [0.29, 0.717) is 25.1 Å². The van der Waals surface area contributed by atoms with Crippen molar-refractivity contribution >= 4 is 38.7 Å². The second-order valence-corrected chi connectivity index (χ2v) is 19.6. The third kappa shape index (κ3) is 11.8. The maximum atomic E-state index is 11.7. The van der Waals surface area contributed by atoms with E-state index in [1.807, 2.05) is 6.07 Å². The number of nitrogens with zero attached hydrogens (tertiary/aromatic N) is 2. The topological polar surface area (TPSA) is 102 Å². The van der Waals surface area contributed by atoms with Crippen molar-refractivity contribution in [3.05, 3.63) is 173 Å². The number of benzene rings is 4. The Bertz CT molecular complexity index is 2490. The number of anilines is 1. The van der Waals surface area contributed by atoms with Gasteiger partial charge in [-0.05, 0) is 111 Å². The van der Waals surface area contributed by atoms with Crippen LogP contribution in [0.5, 0.6) is 0 Å². The summed E-state index contributed by atoms with van der Waals surface area (Å²) in [6.45, 7) is 20.4. The Morgan fingerprint density at radius 2 is 1.44 bits per heavy atom. The Kier molecular flexibility index (Phi) is 15.6. The van der Waals surface area contributed by atoms with Crippen LogP contribution < -0.4 is 15.5 Å². The van der Waals surface area contributed by atoms with E-state index in [0.717, 1.165) is 74.3 Å². The van der Waals surface area contributed by atoms with Gasteiger partial charge in [0.1, 0.15) is 6.54 Å². The number of nitrogens with one attached hydrogen (secondary N) is 2. The largest absolute Gasteiger partial charge is 0.352 e. The van der Waals surface area contributed by atoms with Crippen LogP contribution in [0.15, 0.2) is 139 Å². The van der Waals surface area contributed by atoms with E-state index in [4.69, 9.17) is 0 Å². The van der Waals surface area contributed by atoms with Gasteiger partial charge in [-0.25, -0.2) is 0 Å². The summed E-state index contributed by atoms with van der Waals surface area (Å²) in [6.07, 6.45) is 14.2. The first-order valence-electron chi connectivity index (χ1n) is 22.6. The zero-order valence-corrected chi connectivity index (χ0v) is 39.0. The molecule has 1 amide bonds. The van der Waals surface area contributed by atoms with Crippen LogP contribution in [0.2, 0.25) is 0 Å². The highest BCUT2D eigenvalue weighted by molar-refractivity contribution is 7.85. The lowest BCUT2D eigenvalue weighted by Crippen LogP contribution is -2.28. The number of carbonyl (C=O) groups is 1. The molecule has 0 aromatic heterocycles. The highest BCUT2D eigenvalue weighted by atomic mass is 32.2. The Morgan fingerprint density at radius 3 is 2.11 bits per heavy atom. The highest BCUT2D eigenvalue weighted by Crippen LogP contribution is 2.48. The van der Waals surface area contributed by atoms with Gasteiger partial charge in [-0.3, -0.25) is 9.35 Å². The first-order valence-corrected chi connectivity index (χ1v) is 24.2. The number of allylic oxidation sites excluding steroid dienone is 6. The molecule has 63 heavy (non-hydrogen) atoms. The molecule has 2 aliphatic rings. The fraction of sp³-hybridized carbons (Fsp3) is 0.370. The molecule has 0 spiro atoms. The van der Waals surface area contributed by atoms with E-state index < -0.39 is 10.1 Å². The Balaban J connectivity index is 1.20. The normalized spacial score (nSPS) is 16.2. The standard InChI is InChI=1S/C54H66N4O4S/c1-8-36-57-48-20-11-9-18-46(48)53(4,5)50(57)32-30-45(31-33-51-54(6,7)47-19-10-12-21-49(47)58(51)37-15-38-63(60,61)62)44-28-26-42(27-29-44)17-13-16-41-22-24-43(25-23-41)39-55-34-14-35-56-52(59)40(2)3/h9-12,18-33,55H,2,8,13-17,34-39H2,1,3-7H3,(H-,56,59,60,61,62)/p+1. The van der Waals surface area contributed by atoms with Crippen LogP contribution in [0, 0.1) is 0 Å². The summed E-state index contributed by atoms with van der Waals surface area (Å²) in [6, 6.07) is 34.9. The third-order valence-corrected chi connectivity index (χ3v) is 13.2. The molecule has 0 fully saturated rings. The van der Waals surface area contributed by atoms with Crippen molar-refractivity contribution in [2.75, 3.05) is 36.8 Å². The SMILES string of the molecule is C=C(C)C(=O)NCCCNCc1ccc(CCCc2ccc(C(C=CC3=[N+](CCC)c4ccccc4C3(C)C)=CC=C3N(CCCS(=O)(=O)O)c4ccccc4C3(C)C)cc2)cc1. The van der Waals surface area contributed by atoms with E-state index >= 15 is 0 Å². The zero-order chi connectivity index (χ0) is 45.2. The molecule has 0 saturated heterocycles. The second-order valence-electron chi connectivity index (χ2n) is 18.1. The molecule has 0 atom stereocenters. The zero-order valence-electron chi connectivity index (χ0n) is 38.2. The van der Waals surface area contributed by atoms with Crippen molar-refractivity contribution in [1.82, 2.24) is 10.6 Å². The molecule has 0 saturated carbocycles. The fourth-order valence-corrected chi connectivity index (χ4v) is 9.45. The van der Waals surface area contributed by atoms with Crippen molar-refractivity contribution in [2.24, 2.45) is 0 Å². The predicted molar refractivity (Wildman–Crippen MR) is 262 cm³/mol. The summed E-state index contributed by atoms with van der Waals surface area (Å²) in [7, 11) is -4.07. The Morgan fingerprint density at radius 1 is 0.810 bits per heavy atom. The molecule has 9 heteroatoms. The number of rotatable bonds is 21. The van der Waals surface area contributed by atoms with Crippen molar-refractivity contribution < 1.29 is 22.3 Å². The summed E-state index contributed by atoms with van der Waals surface area (Å²) in [4.78, 5) is 13.9. The van der Waals surface area contributed by atoms with Crippen LogP contribution in [0.25, 0.3) is 5.57 Å². The number of para-hydroxylation sites is 2. The molecule has 0 radical (unpaired) electrons. The van der Waals surface area contributed by atoms with Crippen LogP contribution >= 0.6 is 0 Å². The lowest BCUT2D eigenvalue weighted by Gasteiger charge is -2.27. The van der Waals surface area contributed by atoms with Crippen molar-refractivity contribution in [3.63, 3.8) is 0 Å². The molecule has 0 aliphatic carbocycles. The highest BCUT2D eigenvalue weighted by Gasteiger charge is 2.44. The quantitative estimate of drug-likeness (QED) is 0.0254. The third-order valence-electron chi connectivity index (χ3n) is 12.4. The summed E-state index contributed by atoms with van der Waals surface area (Å²) in [5.74, 6) is -0.373. The van der Waals surface area contributed by atoms with Crippen LogP contribution in [-0.4, -0.2) is 61.1 Å². The molecule has 6 rings (SSSR count). The van der Waals surface area contributed by atoms with Crippen molar-refractivity contribution in [2.45, 2.75) is 97.4 Å². The van der Waals surface area contributed by atoms with Gasteiger partial charge in [-0.1, -0.05) is 118 Å². The number of aryl methyl sites for hydroxylation is 2. The summed E-state index contributed by atoms with van der Waals surface area (Å²) >= 11 is 0. The second kappa shape index (κ2) is 20.9. The maximum absolute atomic E-state index is 11.7. The van der Waals surface area contributed by atoms with Crippen LogP contribution in [-0.2, 0) is 45.1 Å². The Labute approximate surface area is 377 Å². The summed E-state index contributed by atoms with van der Waals surface area (Å²) in [5, 5.41) is 6.34. The van der Waals surface area contributed by atoms with Gasteiger partial charge < -0.3 is 15.5 Å². The molecule has 0 unspecified atom stereocenters. The molecule has 2 heterocycles. The predicted octanol–water partition coefficient (Wildman–Crippen LogP) is 10.4. The van der Waals surface area contributed by atoms with Gasteiger partial charge in [0.05, 0.1) is 11.2 Å². The molecule has 3 N–H and O–H groups in total. The van der Waals surface area contributed by atoms with E-state index in [2.05, 4.69) is 177 Å². The number of amides is 1. The molecule has 4 aromatic carbocycles. The molecule has 4 aromatic rings. The van der Waals surface area contributed by atoms with Gasteiger partial charge in [0.15, 0.2) is 5.71 Å². The molecular formula is C54H67N4O4S+. The lowest BCUT2D eigenvalue weighted by atomic mass is 9.81. The minimum absolute atomic E-state index is 0.0877. The van der Waals surface area contributed by atoms with Gasteiger partial charge in [0, 0.05) is 66.1 Å². The van der Waals surface area contributed by atoms with Gasteiger partial charge in [0.2, 0.25) is 11.6 Å². The van der Waals surface area contributed by atoms with Gasteiger partial charge in [-0.15, -0.1) is 0 Å². The number of hydrogen-bond acceptors (Lipinski definition) is 5. The number of hydrogen-bond donors (Lipinski definition) is 3. The van der Waals surface area contributed by atoms with Crippen molar-refractivity contribution in [1.29, 1.82) is 0 Å². The first kappa shape index (κ1) is 47.1. The molecule has 332 valence electrons. The van der Waals surface area contributed by atoms with E-state index in [1.165, 1.54) is 39.2 Å². The fourth-order valence-electron chi connectivity index (χ4n) is 8.96. The molecular weight excluding hydrogens is 801 g/mol. The number of carbonyl (C=O) groups excluding carboxylic acids is 1.